The maximum Gasteiger partial charge on any atom is 0.210 e. The molecule has 0 aliphatic carbocycles. The van der Waals surface area contributed by atoms with Crippen LogP contribution in [0.3, 0.4) is 0 Å². The van der Waals surface area contributed by atoms with Crippen LogP contribution in [-0.2, 0) is 0 Å². The molecule has 0 spiro atoms. The van der Waals surface area contributed by atoms with E-state index in [0.717, 1.165) is 6.07 Å². The number of hydrogen-bond donors (Lipinski definition) is 0. The second-order valence-electron chi connectivity index (χ2n) is 9.97. The lowest BCUT2D eigenvalue weighted by atomic mass is 10.1. The first-order valence-corrected chi connectivity index (χ1v) is 16.7. The maximum atomic E-state index is 14.3. The van der Waals surface area contributed by atoms with Gasteiger partial charge in [-0.3, -0.25) is 9.59 Å². The van der Waals surface area contributed by atoms with Gasteiger partial charge in [0.05, 0.1) is 57.4 Å². The summed E-state index contributed by atoms with van der Waals surface area (Å²) in [7, 11) is 0. The van der Waals surface area contributed by atoms with Crippen LogP contribution in [0.1, 0.15) is 0 Å². The van der Waals surface area contributed by atoms with Crippen LogP contribution in [0.25, 0.3) is 33.9 Å². The zero-order valence-corrected chi connectivity index (χ0v) is 30.3. The molecule has 6 rings (SSSR count). The highest BCUT2D eigenvalue weighted by atomic mass is 79.9. The molecule has 0 aliphatic rings. The van der Waals surface area contributed by atoms with Crippen molar-refractivity contribution in [3.63, 3.8) is 0 Å². The van der Waals surface area contributed by atoms with Crippen molar-refractivity contribution in [2.45, 2.75) is 0 Å². The fourth-order valence-corrected chi connectivity index (χ4v) is 6.77. The number of benzene rings is 4. The van der Waals surface area contributed by atoms with Gasteiger partial charge in [0.15, 0.2) is 5.43 Å². The quantitative estimate of drug-likeness (QED) is 0.165. The minimum atomic E-state index is -1.14. The van der Waals surface area contributed by atoms with Crippen molar-refractivity contribution in [2.24, 2.45) is 0 Å². The van der Waals surface area contributed by atoms with E-state index >= 15 is 0 Å². The first-order chi connectivity index (χ1) is 23.2. The van der Waals surface area contributed by atoms with Crippen LogP contribution in [0.5, 0.6) is 0 Å². The molecule has 0 aliphatic heterocycles. The summed E-state index contributed by atoms with van der Waals surface area (Å²) in [5.41, 5.74) is -1.43. The van der Waals surface area contributed by atoms with Crippen LogP contribution in [0.15, 0.2) is 114 Å². The Morgan fingerprint density at radius 3 is 1.47 bits per heavy atom. The van der Waals surface area contributed by atoms with Crippen molar-refractivity contribution in [1.29, 1.82) is 0 Å². The lowest BCUT2D eigenvalue weighted by Gasteiger charge is -2.18. The predicted molar refractivity (Wildman–Crippen MR) is 188 cm³/mol. The van der Waals surface area contributed by atoms with Gasteiger partial charge in [0.1, 0.15) is 34.9 Å². The molecule has 0 radical (unpaired) electrons. The van der Waals surface area contributed by atoms with Gasteiger partial charge >= 0.3 is 0 Å². The average Bonchev–Trinajstić information content (AvgIpc) is 3.02. The van der Waals surface area contributed by atoms with E-state index in [2.05, 4.69) is 47.8 Å². The summed E-state index contributed by atoms with van der Waals surface area (Å²) < 4.78 is 86.5. The minimum absolute atomic E-state index is 0.0775. The van der Waals surface area contributed by atoms with Crippen LogP contribution >= 0.6 is 71.0 Å². The molecule has 0 saturated heterocycles. The van der Waals surface area contributed by atoms with E-state index in [1.165, 1.54) is 21.5 Å². The molecular weight excluding hydrogens is 893 g/mol. The Morgan fingerprint density at radius 1 is 0.551 bits per heavy atom. The summed E-state index contributed by atoms with van der Waals surface area (Å²) in [4.78, 5) is 24.2. The maximum absolute atomic E-state index is 14.3. The Morgan fingerprint density at radius 2 is 0.980 bits per heavy atom. The van der Waals surface area contributed by atoms with Gasteiger partial charge in [0, 0.05) is 42.7 Å². The Hall–Kier alpha value is -3.62. The van der Waals surface area contributed by atoms with Crippen LogP contribution in [0.2, 0.25) is 10.0 Å². The van der Waals surface area contributed by atoms with E-state index in [0.29, 0.717) is 45.7 Å². The van der Waals surface area contributed by atoms with Crippen molar-refractivity contribution in [3.8, 4) is 33.9 Å². The number of rotatable bonds is 4. The second-order valence-corrected chi connectivity index (χ2v) is 13.3. The van der Waals surface area contributed by atoms with Crippen LogP contribution < -0.4 is 10.9 Å². The Labute approximate surface area is 308 Å². The van der Waals surface area contributed by atoms with Gasteiger partial charge in [-0.05, 0) is 72.1 Å². The lowest BCUT2D eigenvalue weighted by molar-refractivity contribution is 0.545. The topological polar surface area (TPSA) is 44.0 Å². The normalized spacial score (nSPS) is 10.9. The predicted octanol–water partition coefficient (Wildman–Crippen LogP) is 11.4. The van der Waals surface area contributed by atoms with Gasteiger partial charge in [0.25, 0.3) is 0 Å². The molecule has 0 N–H and O–H groups in total. The van der Waals surface area contributed by atoms with Crippen LogP contribution in [0, 0.1) is 34.9 Å². The summed E-state index contributed by atoms with van der Waals surface area (Å²) in [5.74, 6) is -6.61. The first kappa shape index (κ1) is 36.7. The van der Waals surface area contributed by atoms with Crippen molar-refractivity contribution in [1.82, 2.24) is 9.13 Å². The van der Waals surface area contributed by atoms with Gasteiger partial charge < -0.3 is 9.13 Å². The highest BCUT2D eigenvalue weighted by Crippen LogP contribution is 2.36. The van der Waals surface area contributed by atoms with Gasteiger partial charge in [-0.1, -0.05) is 47.5 Å². The Balaban J connectivity index is 0.000000191. The zero-order valence-electron chi connectivity index (χ0n) is 24.0. The molecule has 15 heteroatoms. The number of aromatic nitrogens is 2. The zero-order chi connectivity index (χ0) is 35.7. The van der Waals surface area contributed by atoms with E-state index in [-0.39, 0.29) is 24.8 Å². The lowest BCUT2D eigenvalue weighted by Crippen LogP contribution is -2.14. The van der Waals surface area contributed by atoms with E-state index in [9.17, 15) is 35.9 Å². The number of pyridine rings is 2. The molecule has 0 saturated carbocycles. The third-order valence-electron chi connectivity index (χ3n) is 6.84. The molecular formula is C34H15Br3Cl2F6N2O2. The molecule has 2 aromatic heterocycles. The summed E-state index contributed by atoms with van der Waals surface area (Å²) >= 11 is 21.7. The summed E-state index contributed by atoms with van der Waals surface area (Å²) in [6.07, 6.45) is 2.72. The first-order valence-electron chi connectivity index (χ1n) is 13.5. The van der Waals surface area contributed by atoms with E-state index < -0.39 is 56.9 Å². The molecule has 0 fully saturated rings. The fourth-order valence-electron chi connectivity index (χ4n) is 4.73. The highest BCUT2D eigenvalue weighted by Gasteiger charge is 2.24. The number of halogens is 11. The molecule has 4 nitrogen and oxygen atoms in total. The number of hydrogen-bond acceptors (Lipinski definition) is 2. The SMILES string of the molecule is O=c1c(Br)cn(-c2ccccc2Cl)c(-c2c(F)cc(F)cc2F)c1Br.O=c1cc(-c2c(F)cc(F)cc2F)n(-c2ccccc2Cl)cc1Br. The smallest absolute Gasteiger partial charge is 0.210 e. The highest BCUT2D eigenvalue weighted by molar-refractivity contribution is 9.11. The third kappa shape index (κ3) is 7.60. The second kappa shape index (κ2) is 15.1. The number of nitrogens with zero attached hydrogens (tertiary/aromatic N) is 2. The minimum Gasteiger partial charge on any atom is -0.313 e. The molecule has 2 heterocycles. The Kier molecular flexibility index (Phi) is 11.3. The van der Waals surface area contributed by atoms with Crippen molar-refractivity contribution in [3.05, 3.63) is 170 Å². The van der Waals surface area contributed by atoms with Gasteiger partial charge in [0.2, 0.25) is 5.43 Å². The third-order valence-corrected chi connectivity index (χ3v) is 9.38. The standard InChI is InChI=1S/C17H7Br2ClF3NO.C17H8BrClF3NO/c18-9-7-24(13-4-2-1-3-10(13)20)16(15(19)17(9)25)14-11(22)5-8(21)6-12(14)23;18-10-8-23(14-4-2-1-3-11(14)19)15(7-16(10)24)17-12(21)5-9(20)6-13(17)22/h1-7H;1-8H. The molecule has 0 atom stereocenters. The van der Waals surface area contributed by atoms with Crippen molar-refractivity contribution in [2.75, 3.05) is 0 Å². The van der Waals surface area contributed by atoms with Crippen LogP contribution in [0.4, 0.5) is 26.3 Å². The molecule has 49 heavy (non-hydrogen) atoms. The summed E-state index contributed by atoms with van der Waals surface area (Å²) in [6, 6.07) is 16.5. The molecule has 250 valence electrons. The number of para-hydroxylation sites is 2. The van der Waals surface area contributed by atoms with Crippen molar-refractivity contribution >= 4 is 71.0 Å². The summed E-state index contributed by atoms with van der Waals surface area (Å²) in [5, 5.41) is 0.617. The van der Waals surface area contributed by atoms with E-state index in [1.807, 2.05) is 0 Å². The largest absolute Gasteiger partial charge is 0.313 e. The fraction of sp³-hybridized carbons (Fsp3) is 0. The monoisotopic (exact) mass is 904 g/mol. The molecule has 0 unspecified atom stereocenters. The molecule has 0 bridgehead atoms. The van der Waals surface area contributed by atoms with Gasteiger partial charge in [-0.15, -0.1) is 0 Å². The van der Waals surface area contributed by atoms with E-state index in [1.54, 1.807) is 48.5 Å². The molecule has 0 amide bonds. The average molecular weight is 908 g/mol. The summed E-state index contributed by atoms with van der Waals surface area (Å²) in [6.45, 7) is 0. The van der Waals surface area contributed by atoms with Gasteiger partial charge in [-0.2, -0.15) is 0 Å². The molecule has 6 aromatic rings. The van der Waals surface area contributed by atoms with Crippen LogP contribution in [-0.4, -0.2) is 9.13 Å². The van der Waals surface area contributed by atoms with Gasteiger partial charge in [-0.25, -0.2) is 26.3 Å². The van der Waals surface area contributed by atoms with E-state index in [4.69, 9.17) is 23.2 Å². The molecule has 4 aromatic carbocycles. The Bertz CT molecular complexity index is 2340. The van der Waals surface area contributed by atoms with Crippen molar-refractivity contribution < 1.29 is 26.3 Å².